The number of thiazole rings is 1. The van der Waals surface area contributed by atoms with Crippen molar-refractivity contribution in [1.29, 1.82) is 0 Å². The Kier molecular flexibility index (Phi) is 4.42. The molecule has 116 valence electrons. The molecular formula is C16H15F2NO2S. The highest BCUT2D eigenvalue weighted by molar-refractivity contribution is 7.07. The predicted octanol–water partition coefficient (Wildman–Crippen LogP) is 1.94. The van der Waals surface area contributed by atoms with Crippen LogP contribution in [-0.2, 0) is 4.79 Å². The number of hydrogen-bond acceptors (Lipinski definition) is 3. The van der Waals surface area contributed by atoms with Gasteiger partial charge in [0.1, 0.15) is 11.6 Å². The smallest absolute Gasteiger partial charge is 0.266 e. The Hall–Kier alpha value is -2.08. The molecule has 0 atom stereocenters. The first-order valence-electron chi connectivity index (χ1n) is 6.59. The van der Waals surface area contributed by atoms with Gasteiger partial charge in [-0.2, -0.15) is 0 Å². The van der Waals surface area contributed by atoms with Crippen molar-refractivity contribution in [2.75, 3.05) is 0 Å². The lowest BCUT2D eigenvalue weighted by atomic mass is 9.91. The number of ketones is 1. The number of hydrogen-bond donors (Lipinski definition) is 1. The van der Waals surface area contributed by atoms with Gasteiger partial charge in [0.15, 0.2) is 5.78 Å². The summed E-state index contributed by atoms with van der Waals surface area (Å²) in [6.45, 7) is 5.31. The van der Waals surface area contributed by atoms with Crippen molar-refractivity contribution in [2.24, 2.45) is 5.41 Å². The van der Waals surface area contributed by atoms with E-state index in [2.05, 4.69) is 4.98 Å². The second-order valence-electron chi connectivity index (χ2n) is 5.85. The summed E-state index contributed by atoms with van der Waals surface area (Å²) >= 11 is 1.02. The van der Waals surface area contributed by atoms with Crippen LogP contribution in [0.25, 0.3) is 12.2 Å². The van der Waals surface area contributed by atoms with Crippen LogP contribution in [0.3, 0.4) is 0 Å². The van der Waals surface area contributed by atoms with Gasteiger partial charge in [0.25, 0.3) is 5.56 Å². The molecule has 0 unspecified atom stereocenters. The maximum absolute atomic E-state index is 13.6. The van der Waals surface area contributed by atoms with Gasteiger partial charge < -0.3 is 4.98 Å². The van der Waals surface area contributed by atoms with Crippen molar-refractivity contribution in [3.8, 4) is 0 Å². The normalized spacial score (nSPS) is 13.7. The molecular weight excluding hydrogens is 308 g/mol. The summed E-state index contributed by atoms with van der Waals surface area (Å²) in [5.41, 5.74) is -1.01. The number of carbonyl (C=O) groups excluding carboxylic acids is 1. The number of rotatable bonds is 2. The molecule has 0 aliphatic carbocycles. The summed E-state index contributed by atoms with van der Waals surface area (Å²) in [5.74, 6) is -1.34. The molecule has 0 saturated carbocycles. The molecule has 3 nitrogen and oxygen atoms in total. The molecule has 1 aromatic carbocycles. The molecule has 0 aliphatic rings. The molecule has 0 radical (unpaired) electrons. The van der Waals surface area contributed by atoms with E-state index < -0.39 is 22.6 Å². The minimum Gasteiger partial charge on any atom is -0.313 e. The summed E-state index contributed by atoms with van der Waals surface area (Å²) < 4.78 is 27.3. The highest BCUT2D eigenvalue weighted by Crippen LogP contribution is 2.14. The van der Waals surface area contributed by atoms with Crippen molar-refractivity contribution < 1.29 is 13.6 Å². The highest BCUT2D eigenvalue weighted by Gasteiger charge is 2.18. The zero-order valence-corrected chi connectivity index (χ0v) is 13.2. The van der Waals surface area contributed by atoms with E-state index >= 15 is 0 Å². The Morgan fingerprint density at radius 1 is 1.27 bits per heavy atom. The van der Waals surface area contributed by atoms with Crippen molar-refractivity contribution in [3.05, 3.63) is 54.9 Å². The van der Waals surface area contributed by atoms with Gasteiger partial charge in [-0.1, -0.05) is 20.8 Å². The molecule has 22 heavy (non-hydrogen) atoms. The monoisotopic (exact) mass is 323 g/mol. The lowest BCUT2D eigenvalue weighted by molar-refractivity contribution is -0.119. The fourth-order valence-corrected chi connectivity index (χ4v) is 2.50. The lowest BCUT2D eigenvalue weighted by Crippen LogP contribution is -2.22. The van der Waals surface area contributed by atoms with Crippen LogP contribution in [0.15, 0.2) is 23.0 Å². The summed E-state index contributed by atoms with van der Waals surface area (Å²) in [7, 11) is 0. The van der Waals surface area contributed by atoms with Crippen LogP contribution in [0, 0.1) is 17.0 Å². The minimum absolute atomic E-state index is 0.0129. The number of benzene rings is 1. The fraction of sp³-hybridized carbons (Fsp3) is 0.250. The second-order valence-corrected chi connectivity index (χ2v) is 6.94. The molecule has 2 rings (SSSR count). The summed E-state index contributed by atoms with van der Waals surface area (Å²) in [4.78, 5) is 26.3. The first kappa shape index (κ1) is 16.3. The van der Waals surface area contributed by atoms with Crippen LogP contribution >= 0.6 is 11.3 Å². The first-order chi connectivity index (χ1) is 10.2. The van der Waals surface area contributed by atoms with Gasteiger partial charge in [0, 0.05) is 17.1 Å². The van der Waals surface area contributed by atoms with Gasteiger partial charge in [-0.3, -0.25) is 9.59 Å². The van der Waals surface area contributed by atoms with Crippen LogP contribution in [0.2, 0.25) is 0 Å². The molecule has 1 N–H and O–H groups in total. The quantitative estimate of drug-likeness (QED) is 0.918. The number of aromatic amines is 1. The molecule has 0 spiro atoms. The van der Waals surface area contributed by atoms with E-state index in [0.29, 0.717) is 4.66 Å². The molecule has 0 saturated heterocycles. The van der Waals surface area contributed by atoms with E-state index in [-0.39, 0.29) is 15.9 Å². The van der Waals surface area contributed by atoms with Crippen molar-refractivity contribution in [2.45, 2.75) is 20.8 Å². The number of Topliss-reactive ketones (excluding diaryl/α,β-unsaturated/α-hetero) is 1. The third kappa shape index (κ3) is 3.76. The molecule has 0 fully saturated rings. The standard InChI is InChI=1S/C16H15F2NO2S/c1-16(2,3)13(20)8-14-19-15(21)12(22-14)7-9-6-10(17)4-5-11(9)18/h4-8H,1-3H3,(H,19,21)/b12-7-,14-8+. The van der Waals surface area contributed by atoms with Gasteiger partial charge in [0.05, 0.1) is 9.20 Å². The van der Waals surface area contributed by atoms with Crippen LogP contribution in [0.4, 0.5) is 8.78 Å². The Balaban J connectivity index is 2.54. The van der Waals surface area contributed by atoms with Gasteiger partial charge in [0.2, 0.25) is 0 Å². The van der Waals surface area contributed by atoms with Crippen LogP contribution < -0.4 is 14.8 Å². The second kappa shape index (κ2) is 5.96. The first-order valence-corrected chi connectivity index (χ1v) is 7.40. The minimum atomic E-state index is -0.620. The van der Waals surface area contributed by atoms with Gasteiger partial charge in [-0.05, 0) is 24.3 Å². The average molecular weight is 323 g/mol. The van der Waals surface area contributed by atoms with Crippen LogP contribution in [0.5, 0.6) is 0 Å². The van der Waals surface area contributed by atoms with Crippen molar-refractivity contribution >= 4 is 29.3 Å². The topological polar surface area (TPSA) is 49.9 Å². The molecule has 6 heteroatoms. The largest absolute Gasteiger partial charge is 0.313 e. The number of nitrogens with one attached hydrogen (secondary N) is 1. The Morgan fingerprint density at radius 2 is 1.95 bits per heavy atom. The highest BCUT2D eigenvalue weighted by atomic mass is 32.1. The molecule has 2 aromatic rings. The Bertz CT molecular complexity index is 888. The third-order valence-corrected chi connectivity index (χ3v) is 3.89. The lowest BCUT2D eigenvalue weighted by Gasteiger charge is -2.12. The van der Waals surface area contributed by atoms with E-state index in [0.717, 1.165) is 29.5 Å². The van der Waals surface area contributed by atoms with Crippen molar-refractivity contribution in [3.63, 3.8) is 0 Å². The molecule has 1 heterocycles. The average Bonchev–Trinajstić information content (AvgIpc) is 2.73. The number of H-pyrrole nitrogens is 1. The molecule has 0 amide bonds. The van der Waals surface area contributed by atoms with Crippen molar-refractivity contribution in [1.82, 2.24) is 4.98 Å². The maximum atomic E-state index is 13.6. The predicted molar refractivity (Wildman–Crippen MR) is 83.0 cm³/mol. The van der Waals surface area contributed by atoms with Gasteiger partial charge in [-0.15, -0.1) is 11.3 Å². The summed E-state index contributed by atoms with van der Waals surface area (Å²) in [5, 5.41) is 0. The Labute approximate surface area is 129 Å². The van der Waals surface area contributed by atoms with E-state index in [4.69, 9.17) is 0 Å². The maximum Gasteiger partial charge on any atom is 0.266 e. The molecule has 1 aromatic heterocycles. The van der Waals surface area contributed by atoms with Crippen LogP contribution in [-0.4, -0.2) is 10.8 Å². The van der Waals surface area contributed by atoms with Crippen LogP contribution in [0.1, 0.15) is 26.3 Å². The molecule has 0 bridgehead atoms. The third-order valence-electron chi connectivity index (χ3n) is 2.93. The van der Waals surface area contributed by atoms with E-state index in [1.807, 2.05) is 0 Å². The van der Waals surface area contributed by atoms with E-state index in [1.165, 1.54) is 12.2 Å². The zero-order valence-electron chi connectivity index (χ0n) is 12.4. The summed E-state index contributed by atoms with van der Waals surface area (Å²) in [6.07, 6.45) is 2.62. The van der Waals surface area contributed by atoms with E-state index in [9.17, 15) is 18.4 Å². The van der Waals surface area contributed by atoms with Gasteiger partial charge >= 0.3 is 0 Å². The summed E-state index contributed by atoms with van der Waals surface area (Å²) in [6, 6.07) is 3.02. The number of halogens is 2. The number of aromatic nitrogens is 1. The SMILES string of the molecule is CC(C)(C)C(=O)/C=c1\[nH]c(=O)/c(=C/c2cc(F)ccc2F)s1. The molecule has 0 aliphatic heterocycles. The fourth-order valence-electron chi connectivity index (χ4n) is 1.63. The number of carbonyl (C=O) groups is 1. The van der Waals surface area contributed by atoms with E-state index in [1.54, 1.807) is 20.8 Å². The Morgan fingerprint density at radius 3 is 2.59 bits per heavy atom. The van der Waals surface area contributed by atoms with Gasteiger partial charge in [-0.25, -0.2) is 8.78 Å². The zero-order chi connectivity index (χ0) is 16.5.